The molecule has 4 nitrogen and oxygen atoms in total. The molecule has 0 aromatic heterocycles. The summed E-state index contributed by atoms with van der Waals surface area (Å²) in [6.45, 7) is 1.14. The number of carbonyl (C=O) groups excluding carboxylic acids is 1. The van der Waals surface area contributed by atoms with E-state index in [1.807, 2.05) is 30.5 Å². The Labute approximate surface area is 171 Å². The predicted octanol–water partition coefficient (Wildman–Crippen LogP) is 4.87. The molecule has 6 heteroatoms. The summed E-state index contributed by atoms with van der Waals surface area (Å²) in [6.07, 6.45) is 9.26. The van der Waals surface area contributed by atoms with E-state index in [1.165, 1.54) is 23.1 Å². The van der Waals surface area contributed by atoms with Crippen LogP contribution in [0.25, 0.3) is 6.08 Å². The first-order valence-corrected chi connectivity index (χ1v) is 12.1. The molecule has 1 saturated heterocycles. The molecule has 0 radical (unpaired) electrons. The number of thioether (sulfide) groups is 1. The first-order valence-electron chi connectivity index (χ1n) is 9.47. The van der Waals surface area contributed by atoms with Crippen LogP contribution < -0.4 is 0 Å². The highest BCUT2D eigenvalue weighted by Gasteiger charge is 2.25. The fourth-order valence-corrected chi connectivity index (χ4v) is 5.13. The van der Waals surface area contributed by atoms with Gasteiger partial charge in [-0.25, -0.2) is 8.42 Å². The number of benzene rings is 2. The largest absolute Gasteiger partial charge is 0.289 e. The van der Waals surface area contributed by atoms with E-state index in [1.54, 1.807) is 34.3 Å². The number of hydrogen-bond acceptors (Lipinski definition) is 4. The highest BCUT2D eigenvalue weighted by atomic mass is 32.2. The molecular formula is C22H25NO3S2. The van der Waals surface area contributed by atoms with E-state index in [9.17, 15) is 13.2 Å². The van der Waals surface area contributed by atoms with E-state index in [-0.39, 0.29) is 10.7 Å². The lowest BCUT2D eigenvalue weighted by molar-refractivity contribution is 0.104. The monoisotopic (exact) mass is 415 g/mol. The zero-order valence-electron chi connectivity index (χ0n) is 16.0. The lowest BCUT2D eigenvalue weighted by atomic mass is 10.1. The van der Waals surface area contributed by atoms with Crippen molar-refractivity contribution in [3.05, 3.63) is 65.7 Å². The minimum absolute atomic E-state index is 0.146. The van der Waals surface area contributed by atoms with Gasteiger partial charge in [0.05, 0.1) is 4.90 Å². The molecule has 0 atom stereocenters. The zero-order chi connectivity index (χ0) is 20.0. The van der Waals surface area contributed by atoms with E-state index in [0.717, 1.165) is 31.2 Å². The fourth-order valence-electron chi connectivity index (χ4n) is 3.21. The molecule has 28 heavy (non-hydrogen) atoms. The molecule has 0 spiro atoms. The van der Waals surface area contributed by atoms with Gasteiger partial charge in [-0.2, -0.15) is 4.31 Å². The Morgan fingerprint density at radius 1 is 0.929 bits per heavy atom. The van der Waals surface area contributed by atoms with Crippen LogP contribution in [-0.2, 0) is 10.0 Å². The second-order valence-electron chi connectivity index (χ2n) is 6.81. The number of hydrogen-bond donors (Lipinski definition) is 0. The summed E-state index contributed by atoms with van der Waals surface area (Å²) in [6, 6.07) is 14.2. The van der Waals surface area contributed by atoms with Gasteiger partial charge in [-0.15, -0.1) is 11.8 Å². The standard InChI is InChI=1S/C22H25NO3S2/c1-27-20-11-6-18(7-12-20)8-15-22(24)19-9-13-21(14-10-19)28(25,26)23-16-4-2-3-5-17-23/h6-15H,2-5,16-17H2,1H3. The third kappa shape index (κ3) is 5.13. The van der Waals surface area contributed by atoms with Crippen molar-refractivity contribution in [1.82, 2.24) is 4.31 Å². The van der Waals surface area contributed by atoms with Crippen LogP contribution in [0.1, 0.15) is 41.6 Å². The van der Waals surface area contributed by atoms with E-state index in [0.29, 0.717) is 18.7 Å². The van der Waals surface area contributed by atoms with Gasteiger partial charge in [-0.05, 0) is 67.1 Å². The number of sulfonamides is 1. The Hall–Kier alpha value is -1.89. The molecule has 1 aliphatic heterocycles. The smallest absolute Gasteiger partial charge is 0.243 e. The van der Waals surface area contributed by atoms with Crippen molar-refractivity contribution >= 4 is 33.6 Å². The second-order valence-corrected chi connectivity index (χ2v) is 9.63. The molecule has 148 valence electrons. The van der Waals surface area contributed by atoms with Gasteiger partial charge in [0.25, 0.3) is 0 Å². The Morgan fingerprint density at radius 3 is 2.11 bits per heavy atom. The van der Waals surface area contributed by atoms with Gasteiger partial charge < -0.3 is 0 Å². The average Bonchev–Trinajstić information content (AvgIpc) is 3.02. The van der Waals surface area contributed by atoms with Gasteiger partial charge in [-0.1, -0.05) is 31.1 Å². The van der Waals surface area contributed by atoms with Crippen LogP contribution in [-0.4, -0.2) is 37.9 Å². The molecule has 2 aromatic carbocycles. The zero-order valence-corrected chi connectivity index (χ0v) is 17.6. The third-order valence-electron chi connectivity index (χ3n) is 4.88. The quantitative estimate of drug-likeness (QED) is 0.384. The Balaban J connectivity index is 1.70. The number of ketones is 1. The summed E-state index contributed by atoms with van der Waals surface area (Å²) in [5, 5.41) is 0. The number of nitrogens with zero attached hydrogens (tertiary/aromatic N) is 1. The number of carbonyl (C=O) groups is 1. The fraction of sp³-hybridized carbons (Fsp3) is 0.318. The lowest BCUT2D eigenvalue weighted by Crippen LogP contribution is -2.31. The summed E-state index contributed by atoms with van der Waals surface area (Å²) < 4.78 is 27.2. The van der Waals surface area contributed by atoms with Gasteiger partial charge in [0.1, 0.15) is 0 Å². The Morgan fingerprint density at radius 2 is 1.54 bits per heavy atom. The van der Waals surface area contributed by atoms with Crippen LogP contribution >= 0.6 is 11.8 Å². The van der Waals surface area contributed by atoms with E-state index in [2.05, 4.69) is 0 Å². The van der Waals surface area contributed by atoms with Crippen molar-refractivity contribution in [2.24, 2.45) is 0 Å². The molecular weight excluding hydrogens is 390 g/mol. The normalized spacial score (nSPS) is 16.2. The first-order chi connectivity index (χ1) is 13.5. The molecule has 3 rings (SSSR count). The van der Waals surface area contributed by atoms with Crippen LogP contribution in [0.5, 0.6) is 0 Å². The van der Waals surface area contributed by atoms with E-state index >= 15 is 0 Å². The molecule has 0 amide bonds. The molecule has 1 fully saturated rings. The van der Waals surface area contributed by atoms with Crippen LogP contribution in [0.15, 0.2) is 64.4 Å². The van der Waals surface area contributed by atoms with Gasteiger partial charge in [0, 0.05) is 23.5 Å². The summed E-state index contributed by atoms with van der Waals surface area (Å²) >= 11 is 1.67. The maximum atomic E-state index is 12.8. The number of allylic oxidation sites excluding steroid dienone is 1. The van der Waals surface area contributed by atoms with Crippen molar-refractivity contribution in [2.75, 3.05) is 19.3 Å². The Bertz CT molecular complexity index is 925. The van der Waals surface area contributed by atoms with Crippen molar-refractivity contribution in [1.29, 1.82) is 0 Å². The molecule has 1 aliphatic rings. The SMILES string of the molecule is CSc1ccc(C=CC(=O)c2ccc(S(=O)(=O)N3CCCCCC3)cc2)cc1. The summed E-state index contributed by atoms with van der Waals surface area (Å²) in [7, 11) is -3.49. The summed E-state index contributed by atoms with van der Waals surface area (Å²) in [5.41, 5.74) is 1.43. The maximum Gasteiger partial charge on any atom is 0.243 e. The number of rotatable bonds is 6. The average molecular weight is 416 g/mol. The second kappa shape index (κ2) is 9.54. The van der Waals surface area contributed by atoms with Crippen LogP contribution in [0.3, 0.4) is 0 Å². The van der Waals surface area contributed by atoms with Gasteiger partial charge in [0.15, 0.2) is 5.78 Å². The van der Waals surface area contributed by atoms with Gasteiger partial charge in [0.2, 0.25) is 10.0 Å². The molecule has 0 unspecified atom stereocenters. The third-order valence-corrected chi connectivity index (χ3v) is 7.54. The van der Waals surface area contributed by atoms with Gasteiger partial charge in [-0.3, -0.25) is 4.79 Å². The summed E-state index contributed by atoms with van der Waals surface area (Å²) in [5.74, 6) is -0.146. The van der Waals surface area contributed by atoms with Crippen LogP contribution in [0.2, 0.25) is 0 Å². The first kappa shape index (κ1) is 20.8. The van der Waals surface area contributed by atoms with Crippen molar-refractivity contribution < 1.29 is 13.2 Å². The summed E-state index contributed by atoms with van der Waals surface area (Å²) in [4.78, 5) is 13.8. The van der Waals surface area contributed by atoms with E-state index < -0.39 is 10.0 Å². The van der Waals surface area contributed by atoms with Crippen molar-refractivity contribution in [3.63, 3.8) is 0 Å². The van der Waals surface area contributed by atoms with E-state index in [4.69, 9.17) is 0 Å². The maximum absolute atomic E-state index is 12.8. The van der Waals surface area contributed by atoms with Crippen LogP contribution in [0.4, 0.5) is 0 Å². The molecule has 0 aliphatic carbocycles. The minimum Gasteiger partial charge on any atom is -0.289 e. The minimum atomic E-state index is -3.49. The van der Waals surface area contributed by atoms with Crippen molar-refractivity contribution in [2.45, 2.75) is 35.5 Å². The molecule has 0 N–H and O–H groups in total. The molecule has 0 saturated carbocycles. The van der Waals surface area contributed by atoms with Crippen molar-refractivity contribution in [3.8, 4) is 0 Å². The molecule has 1 heterocycles. The van der Waals surface area contributed by atoms with Crippen LogP contribution in [0, 0.1) is 0 Å². The molecule has 2 aromatic rings. The Kier molecular flexibility index (Phi) is 7.10. The molecule has 0 bridgehead atoms. The predicted molar refractivity (Wildman–Crippen MR) is 115 cm³/mol. The topological polar surface area (TPSA) is 54.5 Å². The lowest BCUT2D eigenvalue weighted by Gasteiger charge is -2.19. The van der Waals surface area contributed by atoms with Gasteiger partial charge >= 0.3 is 0 Å². The highest BCUT2D eigenvalue weighted by Crippen LogP contribution is 2.21. The highest BCUT2D eigenvalue weighted by molar-refractivity contribution is 7.98.